The number of carbonyl (C=O) groups is 1. The molecule has 0 unspecified atom stereocenters. The van der Waals surface area contributed by atoms with E-state index in [1.54, 1.807) is 0 Å². The van der Waals surface area contributed by atoms with Gasteiger partial charge in [0.1, 0.15) is 0 Å². The third-order valence-corrected chi connectivity index (χ3v) is 2.86. The van der Waals surface area contributed by atoms with Gasteiger partial charge in [0.2, 0.25) is 5.91 Å². The molecule has 102 valence electrons. The minimum atomic E-state index is 0.315. The van der Waals surface area contributed by atoms with Gasteiger partial charge >= 0.3 is 0 Å². The fourth-order valence-electron chi connectivity index (χ4n) is 1.85. The molecule has 0 radical (unpaired) electrons. The van der Waals surface area contributed by atoms with Gasteiger partial charge in [0.25, 0.3) is 0 Å². The van der Waals surface area contributed by atoms with Gasteiger partial charge in [0.05, 0.1) is 13.2 Å². The summed E-state index contributed by atoms with van der Waals surface area (Å²) in [4.78, 5) is 13.6. The average molecular weight is 243 g/mol. The van der Waals surface area contributed by atoms with Gasteiger partial charge in [-0.25, -0.2) is 0 Å². The summed E-state index contributed by atoms with van der Waals surface area (Å²) in [6, 6.07) is 0. The van der Waals surface area contributed by atoms with Crippen LogP contribution in [-0.2, 0) is 9.53 Å². The molecule has 1 aliphatic heterocycles. The Morgan fingerprint density at radius 2 is 1.65 bits per heavy atom. The molecule has 3 nitrogen and oxygen atoms in total. The maximum atomic E-state index is 11.7. The summed E-state index contributed by atoms with van der Waals surface area (Å²) in [6.07, 6.45) is 6.81. The Bertz CT molecular complexity index is 177. The van der Waals surface area contributed by atoms with E-state index in [2.05, 4.69) is 6.92 Å². The number of ether oxygens (including phenoxy) is 1. The smallest absolute Gasteiger partial charge is 0.222 e. The normalized spacial score (nSPS) is 15.1. The molecule has 1 aliphatic rings. The lowest BCUT2D eigenvalue weighted by molar-refractivity contribution is -0.135. The van der Waals surface area contributed by atoms with E-state index >= 15 is 0 Å². The number of amides is 1. The van der Waals surface area contributed by atoms with E-state index < -0.39 is 0 Å². The van der Waals surface area contributed by atoms with Crippen molar-refractivity contribution >= 4 is 5.91 Å². The van der Waals surface area contributed by atoms with Crippen LogP contribution in [0.15, 0.2) is 0 Å². The molecule has 0 aromatic heterocycles. The first-order valence-electron chi connectivity index (χ1n) is 7.20. The summed E-state index contributed by atoms with van der Waals surface area (Å²) in [5.41, 5.74) is 0. The topological polar surface area (TPSA) is 29.5 Å². The fourth-order valence-corrected chi connectivity index (χ4v) is 1.85. The van der Waals surface area contributed by atoms with Gasteiger partial charge in [-0.2, -0.15) is 0 Å². The highest BCUT2D eigenvalue weighted by molar-refractivity contribution is 5.76. The molecule has 0 spiro atoms. The van der Waals surface area contributed by atoms with Gasteiger partial charge in [0.15, 0.2) is 0 Å². The lowest BCUT2D eigenvalue weighted by Crippen LogP contribution is -2.40. The molecule has 0 aromatic rings. The van der Waals surface area contributed by atoms with Crippen molar-refractivity contribution in [1.82, 2.24) is 4.90 Å². The van der Waals surface area contributed by atoms with Crippen LogP contribution in [-0.4, -0.2) is 37.1 Å². The van der Waals surface area contributed by atoms with E-state index in [0.29, 0.717) is 19.1 Å². The first-order chi connectivity index (χ1) is 8.34. The number of nitrogens with zero attached hydrogens (tertiary/aromatic N) is 1. The maximum Gasteiger partial charge on any atom is 0.222 e. The van der Waals surface area contributed by atoms with Crippen molar-refractivity contribution in [2.45, 2.75) is 59.3 Å². The molecule has 1 amide bonds. The second-order valence-electron chi connectivity index (χ2n) is 4.16. The lowest BCUT2D eigenvalue weighted by atomic mass is 10.1. The van der Waals surface area contributed by atoms with E-state index in [1.165, 1.54) is 25.7 Å². The molecule has 1 saturated heterocycles. The maximum absolute atomic E-state index is 11.7. The molecule has 0 atom stereocenters. The number of unbranched alkanes of at least 4 members (excludes halogenated alkanes) is 4. The van der Waals surface area contributed by atoms with Crippen LogP contribution < -0.4 is 0 Å². The van der Waals surface area contributed by atoms with Crippen LogP contribution in [0.4, 0.5) is 0 Å². The highest BCUT2D eigenvalue weighted by Gasteiger charge is 2.15. The van der Waals surface area contributed by atoms with Crippen molar-refractivity contribution in [1.29, 1.82) is 0 Å². The van der Waals surface area contributed by atoms with E-state index in [1.807, 2.05) is 18.7 Å². The summed E-state index contributed by atoms with van der Waals surface area (Å²) in [7, 11) is 0. The van der Waals surface area contributed by atoms with Crippen LogP contribution >= 0.6 is 0 Å². The van der Waals surface area contributed by atoms with E-state index in [4.69, 9.17) is 4.74 Å². The fraction of sp³-hybridized carbons (Fsp3) is 0.929. The van der Waals surface area contributed by atoms with Crippen molar-refractivity contribution in [2.24, 2.45) is 0 Å². The van der Waals surface area contributed by atoms with Gasteiger partial charge in [-0.3, -0.25) is 4.79 Å². The van der Waals surface area contributed by atoms with E-state index in [-0.39, 0.29) is 0 Å². The molecular formula is C14H29NO2. The molecule has 0 bridgehead atoms. The van der Waals surface area contributed by atoms with Crippen LogP contribution in [0.1, 0.15) is 59.3 Å². The Kier molecular flexibility index (Phi) is 11.5. The molecule has 1 fully saturated rings. The highest BCUT2D eigenvalue weighted by atomic mass is 16.5. The summed E-state index contributed by atoms with van der Waals surface area (Å²) >= 11 is 0. The highest BCUT2D eigenvalue weighted by Crippen LogP contribution is 2.08. The van der Waals surface area contributed by atoms with Crippen molar-refractivity contribution in [3.8, 4) is 0 Å². The summed E-state index contributed by atoms with van der Waals surface area (Å²) < 4.78 is 5.21. The molecular weight excluding hydrogens is 214 g/mol. The number of carbonyl (C=O) groups excluding carboxylic acids is 1. The van der Waals surface area contributed by atoms with Crippen molar-refractivity contribution in [2.75, 3.05) is 26.3 Å². The molecule has 17 heavy (non-hydrogen) atoms. The Balaban J connectivity index is 0.00000121. The van der Waals surface area contributed by atoms with Crippen molar-refractivity contribution in [3.63, 3.8) is 0 Å². The van der Waals surface area contributed by atoms with Crippen LogP contribution in [0.25, 0.3) is 0 Å². The number of morpholine rings is 1. The monoisotopic (exact) mass is 243 g/mol. The number of rotatable bonds is 6. The quantitative estimate of drug-likeness (QED) is 0.670. The molecule has 1 rings (SSSR count). The minimum Gasteiger partial charge on any atom is -0.378 e. The summed E-state index contributed by atoms with van der Waals surface area (Å²) in [6.45, 7) is 9.20. The van der Waals surface area contributed by atoms with E-state index in [0.717, 1.165) is 25.9 Å². The largest absolute Gasteiger partial charge is 0.378 e. The van der Waals surface area contributed by atoms with E-state index in [9.17, 15) is 4.79 Å². The Hall–Kier alpha value is -0.570. The lowest BCUT2D eigenvalue weighted by Gasteiger charge is -2.26. The van der Waals surface area contributed by atoms with Crippen LogP contribution in [0.2, 0.25) is 0 Å². The minimum absolute atomic E-state index is 0.315. The second-order valence-corrected chi connectivity index (χ2v) is 4.16. The Morgan fingerprint density at radius 1 is 1.06 bits per heavy atom. The van der Waals surface area contributed by atoms with Crippen LogP contribution in [0, 0.1) is 0 Å². The third-order valence-electron chi connectivity index (χ3n) is 2.86. The van der Waals surface area contributed by atoms with Gasteiger partial charge < -0.3 is 9.64 Å². The predicted molar refractivity (Wildman–Crippen MR) is 72.1 cm³/mol. The van der Waals surface area contributed by atoms with Gasteiger partial charge in [0, 0.05) is 19.5 Å². The first-order valence-corrected chi connectivity index (χ1v) is 7.20. The zero-order valence-corrected chi connectivity index (χ0v) is 11.8. The first kappa shape index (κ1) is 16.4. The standard InChI is InChI=1S/C12H23NO2.C2H6/c1-2-3-4-5-6-7-12(14)13-8-10-15-11-9-13;1-2/h2-11H2,1H3;1-2H3. The van der Waals surface area contributed by atoms with Crippen LogP contribution in [0.5, 0.6) is 0 Å². The SMILES string of the molecule is CC.CCCCCCCC(=O)N1CCOCC1. The zero-order valence-electron chi connectivity index (χ0n) is 11.8. The summed E-state index contributed by atoms with van der Waals surface area (Å²) in [5.74, 6) is 0.315. The molecule has 0 aromatic carbocycles. The molecule has 0 saturated carbocycles. The number of hydrogen-bond acceptors (Lipinski definition) is 2. The van der Waals surface area contributed by atoms with Crippen molar-refractivity contribution in [3.05, 3.63) is 0 Å². The third kappa shape index (κ3) is 8.19. The van der Waals surface area contributed by atoms with Gasteiger partial charge in [-0.1, -0.05) is 46.5 Å². The van der Waals surface area contributed by atoms with Crippen LogP contribution in [0.3, 0.4) is 0 Å². The molecule has 3 heteroatoms. The zero-order chi connectivity index (χ0) is 12.9. The number of hydrogen-bond donors (Lipinski definition) is 0. The van der Waals surface area contributed by atoms with Gasteiger partial charge in [-0.05, 0) is 6.42 Å². The second kappa shape index (κ2) is 11.9. The molecule has 0 aliphatic carbocycles. The van der Waals surface area contributed by atoms with Crippen molar-refractivity contribution < 1.29 is 9.53 Å². The molecule has 1 heterocycles. The predicted octanol–water partition coefficient (Wildman–Crippen LogP) is 3.23. The summed E-state index contributed by atoms with van der Waals surface area (Å²) in [5, 5.41) is 0. The molecule has 0 N–H and O–H groups in total. The Morgan fingerprint density at radius 3 is 2.24 bits per heavy atom. The average Bonchev–Trinajstić information content (AvgIpc) is 2.41. The van der Waals surface area contributed by atoms with Gasteiger partial charge in [-0.15, -0.1) is 0 Å². The Labute approximate surface area is 107 Å².